The number of amides is 2. The largest absolute Gasteiger partial charge is 0.434 e. The minimum Gasteiger partial charge on any atom is -0.374 e. The smallest absolute Gasteiger partial charge is 0.374 e. The molecule has 76 valence electrons. The minimum absolute atomic E-state index is 0.158. The molecule has 1 atom stereocenters. The first kappa shape index (κ1) is 12.5. The molecule has 13 heavy (non-hydrogen) atoms. The van der Waals surface area contributed by atoms with E-state index in [1.54, 1.807) is 0 Å². The Hall–Kier alpha value is -0.470. The lowest BCUT2D eigenvalue weighted by atomic mass is 10.8. The molecule has 0 heterocycles. The zero-order valence-corrected chi connectivity index (χ0v) is 8.95. The molecule has 0 radical (unpaired) electrons. The van der Waals surface area contributed by atoms with Crippen LogP contribution in [0.1, 0.15) is 0 Å². The molecular formula is C4H7ClN2O4S2. The summed E-state index contributed by atoms with van der Waals surface area (Å²) >= 11 is 0.556. The lowest BCUT2D eigenvalue weighted by Gasteiger charge is -2.09. The molecule has 0 saturated heterocycles. The van der Waals surface area contributed by atoms with Gasteiger partial charge in [-0.25, -0.2) is 13.3 Å². The van der Waals surface area contributed by atoms with Gasteiger partial charge >= 0.3 is 6.09 Å². The van der Waals surface area contributed by atoms with Gasteiger partial charge in [0.25, 0.3) is 0 Å². The van der Waals surface area contributed by atoms with E-state index < -0.39 is 22.2 Å². The highest BCUT2D eigenvalue weighted by atomic mass is 35.7. The standard InChI is InChI=1S/C4H7ClN2O4S2/c1-7(13(5)10)4(9)11-12-2-3(6)8/h2H2,1H3,(H2,6,8). The average Bonchev–Trinajstić information content (AvgIpc) is 2.02. The number of primary amides is 1. The Bertz CT molecular complexity index is 236. The van der Waals surface area contributed by atoms with E-state index >= 15 is 0 Å². The second kappa shape index (κ2) is 6.06. The van der Waals surface area contributed by atoms with E-state index in [1.165, 1.54) is 7.05 Å². The second-order valence-corrected chi connectivity index (χ2v) is 4.23. The summed E-state index contributed by atoms with van der Waals surface area (Å²) in [6.45, 7) is 0. The molecule has 0 aliphatic heterocycles. The highest BCUT2D eigenvalue weighted by Gasteiger charge is 2.15. The van der Waals surface area contributed by atoms with E-state index in [0.29, 0.717) is 16.3 Å². The summed E-state index contributed by atoms with van der Waals surface area (Å²) < 4.78 is 15.5. The monoisotopic (exact) mass is 246 g/mol. The summed E-state index contributed by atoms with van der Waals surface area (Å²) in [5.41, 5.74) is 4.76. The topological polar surface area (TPSA) is 89.7 Å². The van der Waals surface area contributed by atoms with E-state index in [4.69, 9.17) is 16.4 Å². The second-order valence-electron chi connectivity index (χ2n) is 1.78. The van der Waals surface area contributed by atoms with E-state index in [-0.39, 0.29) is 5.75 Å². The number of nitrogens with zero attached hydrogens (tertiary/aromatic N) is 1. The van der Waals surface area contributed by atoms with Crippen molar-refractivity contribution >= 4 is 44.9 Å². The Morgan fingerprint density at radius 3 is 2.62 bits per heavy atom. The molecule has 9 heteroatoms. The van der Waals surface area contributed by atoms with Gasteiger partial charge in [0, 0.05) is 17.7 Å². The van der Waals surface area contributed by atoms with Crippen LogP contribution in [0.2, 0.25) is 0 Å². The Balaban J connectivity index is 3.75. The lowest BCUT2D eigenvalue weighted by Crippen LogP contribution is -2.25. The van der Waals surface area contributed by atoms with Crippen molar-refractivity contribution in [2.75, 3.05) is 12.8 Å². The zero-order valence-electron chi connectivity index (χ0n) is 6.56. The van der Waals surface area contributed by atoms with E-state index in [2.05, 4.69) is 4.18 Å². The molecule has 0 spiro atoms. The SMILES string of the molecule is CN(C(=O)OSCC(N)=O)S(=O)Cl. The molecule has 0 aliphatic rings. The summed E-state index contributed by atoms with van der Waals surface area (Å²) in [7, 11) is 4.30. The van der Waals surface area contributed by atoms with E-state index in [9.17, 15) is 13.8 Å². The highest BCUT2D eigenvalue weighted by Crippen LogP contribution is 2.07. The van der Waals surface area contributed by atoms with Crippen LogP contribution in [-0.2, 0) is 19.2 Å². The molecule has 0 aromatic carbocycles. The molecule has 0 aromatic heterocycles. The third-order valence-corrected chi connectivity index (χ3v) is 2.67. The molecule has 2 N–H and O–H groups in total. The predicted molar refractivity (Wildman–Crippen MR) is 49.9 cm³/mol. The first-order valence-corrected chi connectivity index (χ1v) is 5.73. The van der Waals surface area contributed by atoms with Crippen LogP contribution in [0.4, 0.5) is 4.79 Å². The Labute approximate surface area is 86.0 Å². The van der Waals surface area contributed by atoms with Crippen molar-refractivity contribution in [2.24, 2.45) is 5.73 Å². The van der Waals surface area contributed by atoms with Gasteiger partial charge < -0.3 is 9.92 Å². The fourth-order valence-corrected chi connectivity index (χ4v) is 1.01. The quantitative estimate of drug-likeness (QED) is 0.557. The van der Waals surface area contributed by atoms with Crippen LogP contribution >= 0.6 is 22.7 Å². The number of carbonyl (C=O) groups excluding carboxylic acids is 2. The predicted octanol–water partition coefficient (Wildman–Crippen LogP) is 0.00580. The number of hydrogen-bond donors (Lipinski definition) is 1. The molecule has 6 nitrogen and oxygen atoms in total. The molecule has 0 fully saturated rings. The van der Waals surface area contributed by atoms with Gasteiger partial charge in [0.15, 0.2) is 0 Å². The first-order chi connectivity index (χ1) is 5.95. The summed E-state index contributed by atoms with van der Waals surface area (Å²) in [5, 5.41) is 0. The Morgan fingerprint density at radius 2 is 2.23 bits per heavy atom. The van der Waals surface area contributed by atoms with Crippen molar-refractivity contribution in [3.63, 3.8) is 0 Å². The molecule has 0 aromatic rings. The van der Waals surface area contributed by atoms with Gasteiger partial charge in [0.05, 0.1) is 12.0 Å². The van der Waals surface area contributed by atoms with Gasteiger partial charge in [-0.15, -0.1) is 0 Å². The molecule has 0 saturated carbocycles. The van der Waals surface area contributed by atoms with Crippen molar-refractivity contribution in [1.82, 2.24) is 4.31 Å². The highest BCUT2D eigenvalue weighted by molar-refractivity contribution is 8.06. The number of halogens is 1. The van der Waals surface area contributed by atoms with Crippen molar-refractivity contribution in [3.05, 3.63) is 0 Å². The van der Waals surface area contributed by atoms with Gasteiger partial charge in [-0.05, 0) is 0 Å². The van der Waals surface area contributed by atoms with E-state index in [1.807, 2.05) is 0 Å². The normalized spacial score (nSPS) is 11.8. The third kappa shape index (κ3) is 5.72. The van der Waals surface area contributed by atoms with E-state index in [0.717, 1.165) is 0 Å². The van der Waals surface area contributed by atoms with Crippen LogP contribution in [0.15, 0.2) is 0 Å². The van der Waals surface area contributed by atoms with Crippen LogP contribution in [-0.4, -0.2) is 33.3 Å². The minimum atomic E-state index is -1.95. The Kier molecular flexibility index (Phi) is 5.84. The summed E-state index contributed by atoms with van der Waals surface area (Å²) in [6.07, 6.45) is -0.903. The maximum Gasteiger partial charge on any atom is 0.434 e. The summed E-state index contributed by atoms with van der Waals surface area (Å²) in [4.78, 5) is 21.0. The average molecular weight is 247 g/mol. The maximum absolute atomic E-state index is 10.8. The van der Waals surface area contributed by atoms with Crippen LogP contribution in [0.25, 0.3) is 0 Å². The van der Waals surface area contributed by atoms with Gasteiger partial charge in [-0.3, -0.25) is 4.79 Å². The van der Waals surface area contributed by atoms with Gasteiger partial charge in [0.2, 0.25) is 16.1 Å². The first-order valence-electron chi connectivity index (χ1n) is 2.88. The van der Waals surface area contributed by atoms with Crippen LogP contribution in [0.5, 0.6) is 0 Å². The van der Waals surface area contributed by atoms with Crippen LogP contribution < -0.4 is 5.73 Å². The summed E-state index contributed by atoms with van der Waals surface area (Å²) in [6, 6.07) is 0. The zero-order chi connectivity index (χ0) is 10.4. The molecule has 0 aliphatic carbocycles. The van der Waals surface area contributed by atoms with Crippen molar-refractivity contribution < 1.29 is 18.0 Å². The molecular weight excluding hydrogens is 240 g/mol. The number of carbonyl (C=O) groups is 2. The molecule has 2 amide bonds. The number of nitrogens with two attached hydrogens (primary N) is 1. The number of hydrogen-bond acceptors (Lipinski definition) is 5. The number of rotatable bonds is 4. The molecule has 0 rings (SSSR count). The van der Waals surface area contributed by atoms with Crippen molar-refractivity contribution in [1.29, 1.82) is 0 Å². The molecule has 1 unspecified atom stereocenters. The van der Waals surface area contributed by atoms with Gasteiger partial charge in [-0.2, -0.15) is 0 Å². The fourth-order valence-electron chi connectivity index (χ4n) is 0.249. The van der Waals surface area contributed by atoms with Crippen LogP contribution in [0, 0.1) is 0 Å². The molecule has 0 bridgehead atoms. The van der Waals surface area contributed by atoms with Gasteiger partial charge in [0.1, 0.15) is 5.75 Å². The lowest BCUT2D eigenvalue weighted by molar-refractivity contribution is -0.115. The van der Waals surface area contributed by atoms with Gasteiger partial charge in [-0.1, -0.05) is 0 Å². The maximum atomic E-state index is 10.8. The third-order valence-electron chi connectivity index (χ3n) is 0.804. The Morgan fingerprint density at radius 1 is 1.69 bits per heavy atom. The fraction of sp³-hybridized carbons (Fsp3) is 0.500. The van der Waals surface area contributed by atoms with Crippen LogP contribution in [0.3, 0.4) is 0 Å². The summed E-state index contributed by atoms with van der Waals surface area (Å²) in [5.74, 6) is -0.776. The van der Waals surface area contributed by atoms with Crippen molar-refractivity contribution in [2.45, 2.75) is 0 Å². The van der Waals surface area contributed by atoms with Crippen molar-refractivity contribution in [3.8, 4) is 0 Å².